The second kappa shape index (κ2) is 4.21. The number of halogens is 1. The Labute approximate surface area is 87.2 Å². The summed E-state index contributed by atoms with van der Waals surface area (Å²) in [6.07, 6.45) is 1.93. The van der Waals surface area contributed by atoms with Gasteiger partial charge in [0.15, 0.2) is 0 Å². The molecule has 1 saturated heterocycles. The molecule has 76 valence electrons. The average Bonchev–Trinajstić information content (AvgIpc) is 2.05. The van der Waals surface area contributed by atoms with E-state index in [1.807, 2.05) is 6.92 Å². The summed E-state index contributed by atoms with van der Waals surface area (Å²) in [6.45, 7) is 3.79. The largest absolute Gasteiger partial charge is 0.376 e. The smallest absolute Gasteiger partial charge is 0.222 e. The summed E-state index contributed by atoms with van der Waals surface area (Å²) in [5, 5.41) is 0.276. The van der Waals surface area contributed by atoms with Gasteiger partial charge in [0.05, 0.1) is 19.8 Å². The standard InChI is InChI=1S/C9H11ClN2O2/c1-6-7(2-11-9(10)12-6)3-14-8-4-13-5-8/h2,8H,3-5H2,1H3. The van der Waals surface area contributed by atoms with E-state index in [0.717, 1.165) is 11.3 Å². The minimum Gasteiger partial charge on any atom is -0.376 e. The van der Waals surface area contributed by atoms with Gasteiger partial charge in [-0.2, -0.15) is 0 Å². The molecule has 0 spiro atoms. The molecule has 0 unspecified atom stereocenters. The van der Waals surface area contributed by atoms with Crippen LogP contribution in [0.1, 0.15) is 11.3 Å². The number of aryl methyl sites for hydroxylation is 1. The van der Waals surface area contributed by atoms with E-state index in [9.17, 15) is 0 Å². The highest BCUT2D eigenvalue weighted by atomic mass is 35.5. The van der Waals surface area contributed by atoms with Gasteiger partial charge in [0.25, 0.3) is 0 Å². The van der Waals surface area contributed by atoms with Crippen LogP contribution in [-0.2, 0) is 16.1 Å². The third-order valence-electron chi connectivity index (χ3n) is 2.13. The van der Waals surface area contributed by atoms with E-state index in [0.29, 0.717) is 19.8 Å². The van der Waals surface area contributed by atoms with E-state index in [1.165, 1.54) is 0 Å². The lowest BCUT2D eigenvalue weighted by atomic mass is 10.2. The number of nitrogens with zero attached hydrogens (tertiary/aromatic N) is 2. The third-order valence-corrected chi connectivity index (χ3v) is 2.32. The molecule has 0 aromatic carbocycles. The maximum atomic E-state index is 5.64. The van der Waals surface area contributed by atoms with Crippen molar-refractivity contribution < 1.29 is 9.47 Å². The molecule has 1 fully saturated rings. The molecule has 2 heterocycles. The number of ether oxygens (including phenoxy) is 2. The summed E-state index contributed by atoms with van der Waals surface area (Å²) in [5.41, 5.74) is 1.84. The lowest BCUT2D eigenvalue weighted by Crippen LogP contribution is -2.35. The van der Waals surface area contributed by atoms with Gasteiger partial charge in [0, 0.05) is 17.5 Å². The van der Waals surface area contributed by atoms with Gasteiger partial charge in [-0.25, -0.2) is 9.97 Å². The zero-order valence-electron chi connectivity index (χ0n) is 7.86. The molecule has 1 aromatic rings. The Morgan fingerprint density at radius 3 is 3.00 bits per heavy atom. The molecule has 1 aromatic heterocycles. The Kier molecular flexibility index (Phi) is 2.96. The molecular weight excluding hydrogens is 204 g/mol. The number of hydrogen-bond donors (Lipinski definition) is 0. The Hall–Kier alpha value is -0.710. The summed E-state index contributed by atoms with van der Waals surface area (Å²) in [7, 11) is 0. The first kappa shape index (κ1) is 9.83. The van der Waals surface area contributed by atoms with Gasteiger partial charge in [0.1, 0.15) is 6.10 Å². The monoisotopic (exact) mass is 214 g/mol. The zero-order valence-corrected chi connectivity index (χ0v) is 8.62. The SMILES string of the molecule is Cc1nc(Cl)ncc1COC1COC1. The van der Waals surface area contributed by atoms with Gasteiger partial charge in [0.2, 0.25) is 5.28 Å². The first-order valence-electron chi connectivity index (χ1n) is 4.43. The summed E-state index contributed by atoms with van der Waals surface area (Å²) in [4.78, 5) is 7.94. The van der Waals surface area contributed by atoms with Gasteiger partial charge >= 0.3 is 0 Å². The van der Waals surface area contributed by atoms with Crippen molar-refractivity contribution in [1.82, 2.24) is 9.97 Å². The Balaban J connectivity index is 1.94. The molecule has 0 aliphatic carbocycles. The zero-order chi connectivity index (χ0) is 9.97. The normalized spacial score (nSPS) is 16.7. The van der Waals surface area contributed by atoms with Crippen LogP contribution >= 0.6 is 11.6 Å². The Morgan fingerprint density at radius 2 is 2.43 bits per heavy atom. The number of rotatable bonds is 3. The lowest BCUT2D eigenvalue weighted by molar-refractivity contribution is -0.135. The summed E-state index contributed by atoms with van der Waals surface area (Å²) < 4.78 is 10.5. The van der Waals surface area contributed by atoms with Crippen molar-refractivity contribution in [2.45, 2.75) is 19.6 Å². The van der Waals surface area contributed by atoms with Crippen LogP contribution in [0.4, 0.5) is 0 Å². The van der Waals surface area contributed by atoms with Crippen molar-refractivity contribution in [1.29, 1.82) is 0 Å². The topological polar surface area (TPSA) is 44.2 Å². The van der Waals surface area contributed by atoms with Crippen LogP contribution in [0, 0.1) is 6.92 Å². The number of aromatic nitrogens is 2. The Bertz CT molecular complexity index is 329. The fourth-order valence-electron chi connectivity index (χ4n) is 1.12. The molecule has 0 radical (unpaired) electrons. The van der Waals surface area contributed by atoms with E-state index in [2.05, 4.69) is 9.97 Å². The maximum Gasteiger partial charge on any atom is 0.222 e. The van der Waals surface area contributed by atoms with Crippen molar-refractivity contribution in [3.63, 3.8) is 0 Å². The van der Waals surface area contributed by atoms with Gasteiger partial charge < -0.3 is 9.47 Å². The van der Waals surface area contributed by atoms with Crippen LogP contribution < -0.4 is 0 Å². The van der Waals surface area contributed by atoms with Gasteiger partial charge in [-0.15, -0.1) is 0 Å². The quantitative estimate of drug-likeness (QED) is 0.713. The summed E-state index contributed by atoms with van der Waals surface area (Å²) in [6, 6.07) is 0. The van der Waals surface area contributed by atoms with Crippen molar-refractivity contribution >= 4 is 11.6 Å². The maximum absolute atomic E-state index is 5.64. The second-order valence-corrected chi connectivity index (χ2v) is 3.56. The van der Waals surface area contributed by atoms with Crippen molar-refractivity contribution in [3.05, 3.63) is 22.7 Å². The molecule has 0 bridgehead atoms. The van der Waals surface area contributed by atoms with Crippen LogP contribution in [0.25, 0.3) is 0 Å². The third kappa shape index (κ3) is 2.20. The molecule has 0 N–H and O–H groups in total. The van der Waals surface area contributed by atoms with Crippen molar-refractivity contribution in [3.8, 4) is 0 Å². The first-order valence-corrected chi connectivity index (χ1v) is 4.81. The van der Waals surface area contributed by atoms with Crippen molar-refractivity contribution in [2.75, 3.05) is 13.2 Å². The molecule has 0 saturated carbocycles. The Morgan fingerprint density at radius 1 is 1.64 bits per heavy atom. The highest BCUT2D eigenvalue weighted by molar-refractivity contribution is 6.28. The molecule has 1 aliphatic heterocycles. The molecular formula is C9H11ClN2O2. The fraction of sp³-hybridized carbons (Fsp3) is 0.556. The minimum absolute atomic E-state index is 0.227. The van der Waals surface area contributed by atoms with E-state index in [-0.39, 0.29) is 11.4 Å². The highest BCUT2D eigenvalue weighted by Gasteiger charge is 2.19. The van der Waals surface area contributed by atoms with Crippen molar-refractivity contribution in [2.24, 2.45) is 0 Å². The van der Waals surface area contributed by atoms with E-state index < -0.39 is 0 Å². The molecule has 5 heteroatoms. The number of hydrogen-bond acceptors (Lipinski definition) is 4. The van der Waals surface area contributed by atoms with Crippen LogP contribution in [-0.4, -0.2) is 29.3 Å². The van der Waals surface area contributed by atoms with Crippen LogP contribution in [0.3, 0.4) is 0 Å². The van der Waals surface area contributed by atoms with E-state index >= 15 is 0 Å². The van der Waals surface area contributed by atoms with Gasteiger partial charge in [-0.05, 0) is 18.5 Å². The lowest BCUT2D eigenvalue weighted by Gasteiger charge is -2.26. The average molecular weight is 215 g/mol. The predicted octanol–water partition coefficient (Wildman–Crippen LogP) is 1.35. The second-order valence-electron chi connectivity index (χ2n) is 3.22. The molecule has 0 atom stereocenters. The van der Waals surface area contributed by atoms with Crippen LogP contribution in [0.15, 0.2) is 6.20 Å². The van der Waals surface area contributed by atoms with Gasteiger partial charge in [-0.3, -0.25) is 0 Å². The van der Waals surface area contributed by atoms with Crippen LogP contribution in [0.5, 0.6) is 0 Å². The van der Waals surface area contributed by atoms with E-state index in [1.54, 1.807) is 6.20 Å². The molecule has 14 heavy (non-hydrogen) atoms. The molecule has 2 rings (SSSR count). The fourth-order valence-corrected chi connectivity index (χ4v) is 1.30. The first-order chi connectivity index (χ1) is 6.75. The molecule has 1 aliphatic rings. The summed E-state index contributed by atoms with van der Waals surface area (Å²) >= 11 is 5.64. The minimum atomic E-state index is 0.227. The molecule has 4 nitrogen and oxygen atoms in total. The van der Waals surface area contributed by atoms with Gasteiger partial charge in [-0.1, -0.05) is 0 Å². The molecule has 0 amide bonds. The predicted molar refractivity (Wildman–Crippen MR) is 51.2 cm³/mol. The van der Waals surface area contributed by atoms with Crippen LogP contribution in [0.2, 0.25) is 5.28 Å². The summed E-state index contributed by atoms with van der Waals surface area (Å²) in [5.74, 6) is 0. The van der Waals surface area contributed by atoms with E-state index in [4.69, 9.17) is 21.1 Å². The highest BCUT2D eigenvalue weighted by Crippen LogP contribution is 2.12.